The molecule has 2 aromatic rings. The molecular weight excluding hydrogens is 292 g/mol. The summed E-state index contributed by atoms with van der Waals surface area (Å²) in [6.07, 6.45) is 3.98. The standard InChI is InChI=1S/C18H22N2O3/c1-11-6-4-8-14-19-13(10-20(11)14)17(21)23-16-12-7-5-9-22-15(12)18(16,2)3/h4,6,8,10,12,15-16H,5,7,9H2,1-3H3. The van der Waals surface area contributed by atoms with Crippen LogP contribution < -0.4 is 0 Å². The smallest absolute Gasteiger partial charge is 0.358 e. The second kappa shape index (κ2) is 5.06. The molecule has 1 saturated carbocycles. The van der Waals surface area contributed by atoms with Gasteiger partial charge >= 0.3 is 5.97 Å². The Labute approximate surface area is 135 Å². The van der Waals surface area contributed by atoms with Crippen LogP contribution in [0.25, 0.3) is 5.65 Å². The summed E-state index contributed by atoms with van der Waals surface area (Å²) in [5.41, 5.74) is 2.05. The lowest BCUT2D eigenvalue weighted by Crippen LogP contribution is -2.65. The quantitative estimate of drug-likeness (QED) is 0.800. The van der Waals surface area contributed by atoms with Crippen LogP contribution in [0.2, 0.25) is 0 Å². The number of ether oxygens (including phenoxy) is 2. The van der Waals surface area contributed by atoms with Gasteiger partial charge in [-0.05, 0) is 31.9 Å². The molecule has 3 atom stereocenters. The molecule has 4 rings (SSSR count). The Bertz CT molecular complexity index is 765. The van der Waals surface area contributed by atoms with Crippen molar-refractivity contribution in [2.75, 3.05) is 6.61 Å². The molecule has 3 unspecified atom stereocenters. The summed E-state index contributed by atoms with van der Waals surface area (Å²) in [7, 11) is 0. The first-order valence-electron chi connectivity index (χ1n) is 8.26. The van der Waals surface area contributed by atoms with Gasteiger partial charge in [-0.1, -0.05) is 19.9 Å². The number of nitrogens with zero attached hydrogens (tertiary/aromatic N) is 2. The van der Waals surface area contributed by atoms with Gasteiger partial charge in [0.25, 0.3) is 0 Å². The highest BCUT2D eigenvalue weighted by molar-refractivity contribution is 5.88. The van der Waals surface area contributed by atoms with Crippen molar-refractivity contribution < 1.29 is 14.3 Å². The fourth-order valence-corrected chi connectivity index (χ4v) is 4.14. The number of pyridine rings is 1. The Morgan fingerprint density at radius 1 is 1.43 bits per heavy atom. The number of hydrogen-bond donors (Lipinski definition) is 0. The minimum atomic E-state index is -0.338. The van der Waals surface area contributed by atoms with Crippen LogP contribution >= 0.6 is 0 Å². The van der Waals surface area contributed by atoms with Crippen molar-refractivity contribution in [2.45, 2.75) is 45.8 Å². The van der Waals surface area contributed by atoms with Gasteiger partial charge in [0.05, 0.1) is 6.10 Å². The molecule has 23 heavy (non-hydrogen) atoms. The van der Waals surface area contributed by atoms with Gasteiger partial charge in [0.15, 0.2) is 5.69 Å². The first-order valence-corrected chi connectivity index (χ1v) is 8.26. The first-order chi connectivity index (χ1) is 11.0. The van der Waals surface area contributed by atoms with Crippen molar-refractivity contribution in [3.05, 3.63) is 35.8 Å². The molecule has 0 bridgehead atoms. The summed E-state index contributed by atoms with van der Waals surface area (Å²) < 4.78 is 13.6. The lowest BCUT2D eigenvalue weighted by Gasteiger charge is -2.58. The van der Waals surface area contributed by atoms with Crippen LogP contribution in [0.5, 0.6) is 0 Å². The van der Waals surface area contributed by atoms with E-state index in [1.54, 1.807) is 6.20 Å². The number of rotatable bonds is 2. The zero-order valence-corrected chi connectivity index (χ0v) is 13.8. The van der Waals surface area contributed by atoms with Crippen molar-refractivity contribution >= 4 is 11.6 Å². The Kier molecular flexibility index (Phi) is 3.23. The number of aromatic nitrogens is 2. The van der Waals surface area contributed by atoms with Gasteiger partial charge < -0.3 is 13.9 Å². The summed E-state index contributed by atoms with van der Waals surface area (Å²) >= 11 is 0. The minimum Gasteiger partial charge on any atom is -0.457 e. The highest BCUT2D eigenvalue weighted by atomic mass is 16.6. The van der Waals surface area contributed by atoms with Crippen molar-refractivity contribution in [3.8, 4) is 0 Å². The van der Waals surface area contributed by atoms with Crippen molar-refractivity contribution in [1.82, 2.24) is 9.38 Å². The largest absolute Gasteiger partial charge is 0.457 e. The van der Waals surface area contributed by atoms with E-state index in [-0.39, 0.29) is 23.6 Å². The normalized spacial score (nSPS) is 28.9. The van der Waals surface area contributed by atoms with Gasteiger partial charge in [0.2, 0.25) is 0 Å². The third kappa shape index (κ3) is 2.17. The van der Waals surface area contributed by atoms with Crippen LogP contribution in [-0.2, 0) is 9.47 Å². The Morgan fingerprint density at radius 2 is 2.26 bits per heavy atom. The third-order valence-electron chi connectivity index (χ3n) is 5.36. The maximum absolute atomic E-state index is 12.6. The third-order valence-corrected chi connectivity index (χ3v) is 5.36. The van der Waals surface area contributed by atoms with Gasteiger partial charge in [-0.25, -0.2) is 9.78 Å². The van der Waals surface area contributed by atoms with Crippen molar-refractivity contribution in [2.24, 2.45) is 11.3 Å². The van der Waals surface area contributed by atoms with Gasteiger partial charge in [-0.15, -0.1) is 0 Å². The fraction of sp³-hybridized carbons (Fsp3) is 0.556. The Morgan fingerprint density at radius 3 is 3.04 bits per heavy atom. The molecule has 2 fully saturated rings. The minimum absolute atomic E-state index is 0.0915. The number of carbonyl (C=O) groups excluding carboxylic acids is 1. The molecule has 2 aliphatic rings. The molecule has 1 saturated heterocycles. The van der Waals surface area contributed by atoms with E-state index in [1.807, 2.05) is 29.5 Å². The summed E-state index contributed by atoms with van der Waals surface area (Å²) in [6, 6.07) is 5.82. The zero-order valence-electron chi connectivity index (χ0n) is 13.8. The van der Waals surface area contributed by atoms with E-state index in [9.17, 15) is 4.79 Å². The van der Waals surface area contributed by atoms with Crippen LogP contribution in [0.3, 0.4) is 0 Å². The van der Waals surface area contributed by atoms with E-state index in [0.29, 0.717) is 11.6 Å². The van der Waals surface area contributed by atoms with E-state index < -0.39 is 0 Å². The van der Waals surface area contributed by atoms with Crippen molar-refractivity contribution in [1.29, 1.82) is 0 Å². The molecule has 122 valence electrons. The maximum atomic E-state index is 12.6. The average Bonchev–Trinajstić information content (AvgIpc) is 2.98. The molecule has 5 nitrogen and oxygen atoms in total. The summed E-state index contributed by atoms with van der Waals surface area (Å²) in [4.78, 5) is 16.9. The molecule has 1 aliphatic heterocycles. The maximum Gasteiger partial charge on any atom is 0.358 e. The van der Waals surface area contributed by atoms with Crippen molar-refractivity contribution in [3.63, 3.8) is 0 Å². The van der Waals surface area contributed by atoms with E-state index in [1.165, 1.54) is 0 Å². The zero-order chi connectivity index (χ0) is 16.2. The summed E-state index contributed by atoms with van der Waals surface area (Å²) in [5, 5.41) is 0. The first kappa shape index (κ1) is 14.7. The Hall–Kier alpha value is -1.88. The van der Waals surface area contributed by atoms with Gasteiger partial charge in [0.1, 0.15) is 11.8 Å². The number of hydrogen-bond acceptors (Lipinski definition) is 4. The topological polar surface area (TPSA) is 52.8 Å². The van der Waals surface area contributed by atoms with Crippen LogP contribution in [-0.4, -0.2) is 34.2 Å². The number of esters is 1. The molecule has 0 amide bonds. The van der Waals surface area contributed by atoms with E-state index >= 15 is 0 Å². The summed E-state index contributed by atoms with van der Waals surface area (Å²) in [5.74, 6) is -0.0170. The molecule has 0 radical (unpaired) electrons. The molecule has 5 heteroatoms. The molecule has 0 spiro atoms. The lowest BCUT2D eigenvalue weighted by molar-refractivity contribution is -0.243. The Balaban J connectivity index is 1.56. The highest BCUT2D eigenvalue weighted by Gasteiger charge is 2.60. The number of imidazole rings is 1. The van der Waals surface area contributed by atoms with E-state index in [2.05, 4.69) is 18.8 Å². The highest BCUT2D eigenvalue weighted by Crippen LogP contribution is 2.53. The molecule has 1 aliphatic carbocycles. The molecule has 0 aromatic carbocycles. The monoisotopic (exact) mass is 314 g/mol. The number of fused-ring (bicyclic) bond motifs is 2. The SMILES string of the molecule is Cc1cccc2nc(C(=O)OC3C4CCCOC4C3(C)C)cn12. The molecule has 0 N–H and O–H groups in total. The van der Waals surface area contributed by atoms with Crippen LogP contribution in [0.1, 0.15) is 42.9 Å². The number of aryl methyl sites for hydroxylation is 1. The summed E-state index contributed by atoms with van der Waals surface area (Å²) in [6.45, 7) is 7.04. The predicted octanol–water partition coefficient (Wildman–Crippen LogP) is 3.00. The second-order valence-corrected chi connectivity index (χ2v) is 7.27. The average molecular weight is 314 g/mol. The van der Waals surface area contributed by atoms with E-state index in [4.69, 9.17) is 9.47 Å². The van der Waals surface area contributed by atoms with Gasteiger partial charge in [0, 0.05) is 29.8 Å². The predicted molar refractivity (Wildman–Crippen MR) is 85.4 cm³/mol. The molecule has 3 heterocycles. The number of carbonyl (C=O) groups is 1. The van der Waals surface area contributed by atoms with Gasteiger partial charge in [-0.3, -0.25) is 0 Å². The van der Waals surface area contributed by atoms with E-state index in [0.717, 1.165) is 30.8 Å². The van der Waals surface area contributed by atoms with Crippen LogP contribution in [0.4, 0.5) is 0 Å². The second-order valence-electron chi connectivity index (χ2n) is 7.27. The lowest BCUT2D eigenvalue weighted by atomic mass is 9.57. The van der Waals surface area contributed by atoms with Crippen LogP contribution in [0, 0.1) is 18.3 Å². The molecule has 2 aromatic heterocycles. The fourth-order valence-electron chi connectivity index (χ4n) is 4.14. The van der Waals surface area contributed by atoms with Gasteiger partial charge in [-0.2, -0.15) is 0 Å². The molecular formula is C18H22N2O3. The van der Waals surface area contributed by atoms with Crippen LogP contribution in [0.15, 0.2) is 24.4 Å².